The van der Waals surface area contributed by atoms with Crippen molar-refractivity contribution in [2.45, 2.75) is 11.5 Å². The highest BCUT2D eigenvalue weighted by molar-refractivity contribution is 8.38. The molecule has 1 N–H and O–H groups in total. The number of thioether (sulfide) groups is 3. The summed E-state index contributed by atoms with van der Waals surface area (Å²) in [7, 11) is 0. The molecule has 0 atom stereocenters. The first-order chi connectivity index (χ1) is 13.2. The quantitative estimate of drug-likeness (QED) is 0.622. The predicted molar refractivity (Wildman–Crippen MR) is 117 cm³/mol. The third kappa shape index (κ3) is 6.30. The first-order valence-electron chi connectivity index (χ1n) is 8.71. The number of halogens is 1. The molecule has 0 aliphatic carbocycles. The van der Waals surface area contributed by atoms with Gasteiger partial charge in [0.05, 0.1) is 6.54 Å². The molecule has 0 radical (unpaired) electrons. The van der Waals surface area contributed by atoms with Gasteiger partial charge < -0.3 is 5.32 Å². The van der Waals surface area contributed by atoms with E-state index in [0.717, 1.165) is 33.7 Å². The van der Waals surface area contributed by atoms with Crippen LogP contribution in [0.4, 0.5) is 4.39 Å². The van der Waals surface area contributed by atoms with Crippen LogP contribution in [0.25, 0.3) is 0 Å². The third-order valence-corrected chi connectivity index (χ3v) is 7.23. The summed E-state index contributed by atoms with van der Waals surface area (Å²) in [6.07, 6.45) is 0. The van der Waals surface area contributed by atoms with Crippen LogP contribution in [0.15, 0.2) is 53.5 Å². The molecule has 1 amide bonds. The maximum atomic E-state index is 13.6. The van der Waals surface area contributed by atoms with Crippen molar-refractivity contribution < 1.29 is 9.18 Å². The molecule has 0 saturated carbocycles. The van der Waals surface area contributed by atoms with Crippen molar-refractivity contribution in [1.82, 2.24) is 5.32 Å². The summed E-state index contributed by atoms with van der Waals surface area (Å²) in [5, 5.41) is 2.97. The van der Waals surface area contributed by atoms with Gasteiger partial charge in [0.15, 0.2) is 0 Å². The predicted octanol–water partition coefficient (Wildman–Crippen LogP) is 4.82. The topological polar surface area (TPSA) is 41.5 Å². The summed E-state index contributed by atoms with van der Waals surface area (Å²) in [6.45, 7) is 1.45. The van der Waals surface area contributed by atoms with Crippen molar-refractivity contribution in [3.63, 3.8) is 0 Å². The number of carbonyl (C=O) groups is 1. The Morgan fingerprint density at radius 3 is 2.67 bits per heavy atom. The summed E-state index contributed by atoms with van der Waals surface area (Å²) in [4.78, 5) is 17.0. The van der Waals surface area contributed by atoms with Gasteiger partial charge >= 0.3 is 0 Å². The zero-order valence-electron chi connectivity index (χ0n) is 14.8. The standard InChI is InChI=1S/C20H21FN2OS3/c21-18-8-4-2-6-16(18)13-25-11-9-22-19(24)17-7-3-1-5-15(17)14-27-20-23-10-12-26-20/h1-8H,9-14H2,(H,22,24). The Hall–Kier alpha value is -1.44. The minimum absolute atomic E-state index is 0.0568. The van der Waals surface area contributed by atoms with Gasteiger partial charge in [-0.3, -0.25) is 9.79 Å². The van der Waals surface area contributed by atoms with Gasteiger partial charge in [-0.2, -0.15) is 11.8 Å². The van der Waals surface area contributed by atoms with E-state index in [1.54, 1.807) is 47.4 Å². The van der Waals surface area contributed by atoms with Gasteiger partial charge in [0, 0.05) is 35.1 Å². The van der Waals surface area contributed by atoms with Crippen LogP contribution in [-0.2, 0) is 11.5 Å². The SMILES string of the molecule is O=C(NCCSCc1ccccc1F)c1ccccc1CSC1=NCCS1. The number of amides is 1. The van der Waals surface area contributed by atoms with E-state index in [1.165, 1.54) is 6.07 Å². The van der Waals surface area contributed by atoms with Gasteiger partial charge in [-0.1, -0.05) is 59.9 Å². The van der Waals surface area contributed by atoms with Gasteiger partial charge in [-0.25, -0.2) is 4.39 Å². The van der Waals surface area contributed by atoms with E-state index in [4.69, 9.17) is 0 Å². The van der Waals surface area contributed by atoms with Crippen LogP contribution in [-0.4, -0.2) is 34.9 Å². The van der Waals surface area contributed by atoms with Gasteiger partial charge in [0.2, 0.25) is 0 Å². The van der Waals surface area contributed by atoms with E-state index < -0.39 is 0 Å². The van der Waals surface area contributed by atoms with Crippen molar-refractivity contribution >= 4 is 45.6 Å². The summed E-state index contributed by atoms with van der Waals surface area (Å²) < 4.78 is 14.7. The number of aliphatic imine (C=N–C) groups is 1. The number of rotatable bonds is 8. The maximum absolute atomic E-state index is 13.6. The van der Waals surface area contributed by atoms with Crippen LogP contribution in [0.2, 0.25) is 0 Å². The van der Waals surface area contributed by atoms with Crippen LogP contribution in [0.1, 0.15) is 21.5 Å². The molecule has 3 nitrogen and oxygen atoms in total. The van der Waals surface area contributed by atoms with E-state index >= 15 is 0 Å². The molecule has 0 unspecified atom stereocenters. The number of nitrogens with zero attached hydrogens (tertiary/aromatic N) is 1. The lowest BCUT2D eigenvalue weighted by Crippen LogP contribution is -2.26. The zero-order chi connectivity index (χ0) is 18.9. The number of hydrogen-bond donors (Lipinski definition) is 1. The smallest absolute Gasteiger partial charge is 0.251 e. The number of benzene rings is 2. The Morgan fingerprint density at radius 1 is 1.11 bits per heavy atom. The third-order valence-electron chi connectivity index (χ3n) is 3.92. The van der Waals surface area contributed by atoms with Crippen molar-refractivity contribution in [2.75, 3.05) is 24.6 Å². The molecule has 0 bridgehead atoms. The van der Waals surface area contributed by atoms with Crippen molar-refractivity contribution in [2.24, 2.45) is 4.99 Å². The summed E-state index contributed by atoms with van der Waals surface area (Å²) in [6, 6.07) is 14.5. The van der Waals surface area contributed by atoms with Gasteiger partial charge in [0.25, 0.3) is 5.91 Å². The highest BCUT2D eigenvalue weighted by Gasteiger charge is 2.13. The Labute approximate surface area is 172 Å². The average Bonchev–Trinajstić information content (AvgIpc) is 3.21. The largest absolute Gasteiger partial charge is 0.351 e. The highest BCUT2D eigenvalue weighted by atomic mass is 32.2. The second-order valence-electron chi connectivity index (χ2n) is 5.84. The van der Waals surface area contributed by atoms with Crippen LogP contribution in [0.5, 0.6) is 0 Å². The van der Waals surface area contributed by atoms with Crippen molar-refractivity contribution in [3.8, 4) is 0 Å². The fourth-order valence-corrected chi connectivity index (χ4v) is 5.40. The molecule has 0 fully saturated rings. The molecule has 7 heteroatoms. The lowest BCUT2D eigenvalue weighted by atomic mass is 10.1. The summed E-state index contributed by atoms with van der Waals surface area (Å²) in [5.41, 5.74) is 2.44. The monoisotopic (exact) mass is 420 g/mol. The normalized spacial score (nSPS) is 13.4. The number of nitrogens with one attached hydrogen (secondary N) is 1. The fraction of sp³-hybridized carbons (Fsp3) is 0.300. The highest BCUT2D eigenvalue weighted by Crippen LogP contribution is 2.26. The molecule has 0 saturated heterocycles. The zero-order valence-corrected chi connectivity index (χ0v) is 17.3. The Kier molecular flexibility index (Phi) is 8.10. The molecule has 0 spiro atoms. The molecule has 2 aromatic rings. The Morgan fingerprint density at radius 2 is 1.89 bits per heavy atom. The minimum Gasteiger partial charge on any atom is -0.351 e. The van der Waals surface area contributed by atoms with E-state index in [1.807, 2.05) is 30.3 Å². The fourth-order valence-electron chi connectivity index (χ4n) is 2.54. The van der Waals surface area contributed by atoms with Gasteiger partial charge in [-0.05, 0) is 23.3 Å². The van der Waals surface area contributed by atoms with Crippen LogP contribution in [0.3, 0.4) is 0 Å². The van der Waals surface area contributed by atoms with Gasteiger partial charge in [-0.15, -0.1) is 0 Å². The molecule has 1 aliphatic rings. The van der Waals surface area contributed by atoms with E-state index in [0.29, 0.717) is 23.4 Å². The second-order valence-corrected chi connectivity index (χ2v) is 9.25. The first kappa shape index (κ1) is 20.3. The second kappa shape index (κ2) is 10.8. The molecule has 2 aromatic carbocycles. The first-order valence-corrected chi connectivity index (χ1v) is 11.8. The lowest BCUT2D eigenvalue weighted by Gasteiger charge is -2.10. The van der Waals surface area contributed by atoms with Crippen LogP contribution in [0, 0.1) is 5.82 Å². The van der Waals surface area contributed by atoms with Crippen molar-refractivity contribution in [1.29, 1.82) is 0 Å². The molecule has 142 valence electrons. The molecular formula is C20H21FN2OS3. The summed E-state index contributed by atoms with van der Waals surface area (Å²) >= 11 is 5.08. The maximum Gasteiger partial charge on any atom is 0.251 e. The average molecular weight is 421 g/mol. The number of carbonyl (C=O) groups excluding carboxylic acids is 1. The number of hydrogen-bond acceptors (Lipinski definition) is 5. The van der Waals surface area contributed by atoms with E-state index in [-0.39, 0.29) is 11.7 Å². The Bertz CT molecular complexity index is 813. The lowest BCUT2D eigenvalue weighted by molar-refractivity contribution is 0.0955. The van der Waals surface area contributed by atoms with E-state index in [2.05, 4.69) is 10.3 Å². The molecule has 27 heavy (non-hydrogen) atoms. The van der Waals surface area contributed by atoms with E-state index in [9.17, 15) is 9.18 Å². The van der Waals surface area contributed by atoms with Gasteiger partial charge in [0.1, 0.15) is 10.2 Å². The molecule has 1 aliphatic heterocycles. The molecule has 0 aromatic heterocycles. The minimum atomic E-state index is -0.175. The Balaban J connectivity index is 1.44. The van der Waals surface area contributed by atoms with Crippen LogP contribution >= 0.6 is 35.3 Å². The van der Waals surface area contributed by atoms with Crippen molar-refractivity contribution in [3.05, 3.63) is 71.0 Å². The molecule has 1 heterocycles. The van der Waals surface area contributed by atoms with Crippen LogP contribution < -0.4 is 5.32 Å². The summed E-state index contributed by atoms with van der Waals surface area (Å²) in [5.74, 6) is 2.91. The molecular weight excluding hydrogens is 399 g/mol. The molecule has 3 rings (SSSR count).